The monoisotopic (exact) mass is 309 g/mol. The minimum atomic E-state index is -0.644. The average Bonchev–Trinajstić information content (AvgIpc) is 2.48. The van der Waals surface area contributed by atoms with Gasteiger partial charge in [-0.2, -0.15) is 5.10 Å². The molecule has 0 bridgehead atoms. The Morgan fingerprint density at radius 3 is 2.32 bits per heavy atom. The van der Waals surface area contributed by atoms with Gasteiger partial charge in [-0.05, 0) is 24.3 Å². The predicted molar refractivity (Wildman–Crippen MR) is 78.0 cm³/mol. The summed E-state index contributed by atoms with van der Waals surface area (Å²) in [5.74, 6) is -2.05. The highest BCUT2D eigenvalue weighted by atomic mass is 16.3. The molecule has 2 rings (SSSR count). The largest absolute Gasteiger partial charge is 0.504 e. The number of amides is 1. The zero-order valence-electron chi connectivity index (χ0n) is 11.2. The number of benzene rings is 1. The summed E-state index contributed by atoms with van der Waals surface area (Å²) in [5.41, 5.74) is 2.79. The SMILES string of the molecule is O.O.O=C(N/N=C/c1ccc(O)c(O)c1O)c1ccncc1. The van der Waals surface area contributed by atoms with Crippen molar-refractivity contribution in [3.05, 3.63) is 47.8 Å². The summed E-state index contributed by atoms with van der Waals surface area (Å²) < 4.78 is 0. The van der Waals surface area contributed by atoms with E-state index in [4.69, 9.17) is 5.11 Å². The second-order valence-electron chi connectivity index (χ2n) is 3.81. The first-order chi connectivity index (χ1) is 9.59. The standard InChI is InChI=1S/C13H11N3O4.2H2O/c17-10-2-1-9(11(18)12(10)19)7-15-16-13(20)8-3-5-14-6-4-8;;/h1-7,17-19H,(H,16,20);2*1H2/b15-7+;;. The van der Waals surface area contributed by atoms with E-state index >= 15 is 0 Å². The summed E-state index contributed by atoms with van der Waals surface area (Å²) in [7, 11) is 0. The molecular weight excluding hydrogens is 294 g/mol. The molecule has 9 heteroatoms. The van der Waals surface area contributed by atoms with E-state index in [-0.39, 0.29) is 16.5 Å². The van der Waals surface area contributed by atoms with Gasteiger partial charge >= 0.3 is 0 Å². The number of pyridine rings is 1. The average molecular weight is 309 g/mol. The van der Waals surface area contributed by atoms with E-state index < -0.39 is 23.2 Å². The van der Waals surface area contributed by atoms with Crippen LogP contribution < -0.4 is 5.43 Å². The van der Waals surface area contributed by atoms with Crippen LogP contribution in [0.4, 0.5) is 0 Å². The van der Waals surface area contributed by atoms with Crippen molar-refractivity contribution in [3.63, 3.8) is 0 Å². The van der Waals surface area contributed by atoms with E-state index in [9.17, 15) is 15.0 Å². The molecule has 1 amide bonds. The van der Waals surface area contributed by atoms with Crippen LogP contribution in [0.3, 0.4) is 0 Å². The fraction of sp³-hybridized carbons (Fsp3) is 0. The minimum Gasteiger partial charge on any atom is -0.504 e. The Morgan fingerprint density at radius 2 is 1.68 bits per heavy atom. The van der Waals surface area contributed by atoms with Crippen LogP contribution in [0.2, 0.25) is 0 Å². The van der Waals surface area contributed by atoms with Gasteiger partial charge in [0.1, 0.15) is 0 Å². The third kappa shape index (κ3) is 4.16. The third-order valence-electron chi connectivity index (χ3n) is 2.47. The molecule has 0 spiro atoms. The number of carbonyl (C=O) groups is 1. The van der Waals surface area contributed by atoms with Crippen molar-refractivity contribution in [1.82, 2.24) is 10.4 Å². The van der Waals surface area contributed by atoms with E-state index in [0.717, 1.165) is 6.21 Å². The Morgan fingerprint density at radius 1 is 1.05 bits per heavy atom. The Labute approximate surface area is 124 Å². The van der Waals surface area contributed by atoms with Crippen molar-refractivity contribution in [2.24, 2.45) is 5.10 Å². The second-order valence-corrected chi connectivity index (χ2v) is 3.81. The zero-order chi connectivity index (χ0) is 14.5. The van der Waals surface area contributed by atoms with Gasteiger partial charge in [-0.1, -0.05) is 0 Å². The van der Waals surface area contributed by atoms with Gasteiger partial charge in [-0.15, -0.1) is 0 Å². The van der Waals surface area contributed by atoms with Crippen molar-refractivity contribution >= 4 is 12.1 Å². The number of hydrazone groups is 1. The molecule has 1 aromatic carbocycles. The summed E-state index contributed by atoms with van der Waals surface area (Å²) in [6.07, 6.45) is 4.10. The molecule has 0 aliphatic rings. The Hall–Kier alpha value is -3.17. The summed E-state index contributed by atoms with van der Waals surface area (Å²) in [4.78, 5) is 15.4. The number of nitrogens with zero attached hydrogens (tertiary/aromatic N) is 2. The number of aromatic nitrogens is 1. The van der Waals surface area contributed by atoms with Crippen molar-refractivity contribution in [2.75, 3.05) is 0 Å². The molecule has 0 radical (unpaired) electrons. The number of nitrogens with one attached hydrogen (secondary N) is 1. The van der Waals surface area contributed by atoms with E-state index in [1.807, 2.05) is 0 Å². The molecule has 2 aromatic rings. The lowest BCUT2D eigenvalue weighted by molar-refractivity contribution is 0.0955. The molecule has 1 heterocycles. The molecule has 0 fully saturated rings. The van der Waals surface area contributed by atoms with Crippen molar-refractivity contribution in [2.45, 2.75) is 0 Å². The number of carbonyl (C=O) groups excluding carboxylic acids is 1. The van der Waals surface area contributed by atoms with Crippen LogP contribution in [0.15, 0.2) is 41.8 Å². The van der Waals surface area contributed by atoms with Gasteiger partial charge in [0.2, 0.25) is 5.75 Å². The predicted octanol–water partition coefficient (Wildman–Crippen LogP) is -0.687. The molecule has 0 aliphatic heterocycles. The van der Waals surface area contributed by atoms with Gasteiger partial charge in [0.25, 0.3) is 5.91 Å². The topological polar surface area (TPSA) is 178 Å². The molecule has 0 atom stereocenters. The van der Waals surface area contributed by atoms with E-state index in [1.54, 1.807) is 0 Å². The maximum absolute atomic E-state index is 11.6. The Balaban J connectivity index is 0.00000220. The highest BCUT2D eigenvalue weighted by Crippen LogP contribution is 2.36. The molecule has 0 saturated heterocycles. The number of phenols is 3. The molecule has 0 unspecified atom stereocenters. The Bertz CT molecular complexity index is 660. The fourth-order valence-electron chi connectivity index (χ4n) is 1.42. The second kappa shape index (κ2) is 8.19. The fourth-order valence-corrected chi connectivity index (χ4v) is 1.42. The number of aromatic hydroxyl groups is 3. The summed E-state index contributed by atoms with van der Waals surface area (Å²) >= 11 is 0. The highest BCUT2D eigenvalue weighted by molar-refractivity contribution is 5.95. The van der Waals surface area contributed by atoms with E-state index in [0.29, 0.717) is 5.56 Å². The quantitative estimate of drug-likeness (QED) is 0.332. The number of hydrogen-bond acceptors (Lipinski definition) is 6. The summed E-state index contributed by atoms with van der Waals surface area (Å²) in [6, 6.07) is 5.58. The Kier molecular flexibility index (Phi) is 7.01. The third-order valence-corrected chi connectivity index (χ3v) is 2.47. The molecule has 22 heavy (non-hydrogen) atoms. The van der Waals surface area contributed by atoms with Crippen LogP contribution in [0, 0.1) is 0 Å². The van der Waals surface area contributed by atoms with Crippen LogP contribution in [-0.2, 0) is 0 Å². The lowest BCUT2D eigenvalue weighted by atomic mass is 10.2. The molecule has 118 valence electrons. The maximum Gasteiger partial charge on any atom is 0.271 e. The van der Waals surface area contributed by atoms with Crippen molar-refractivity contribution in [1.29, 1.82) is 0 Å². The smallest absolute Gasteiger partial charge is 0.271 e. The number of phenolic OH excluding ortho intramolecular Hbond substituents is 3. The highest BCUT2D eigenvalue weighted by Gasteiger charge is 2.09. The first-order valence-corrected chi connectivity index (χ1v) is 5.57. The summed E-state index contributed by atoms with van der Waals surface area (Å²) in [6.45, 7) is 0. The maximum atomic E-state index is 11.6. The lowest BCUT2D eigenvalue weighted by Crippen LogP contribution is -2.17. The van der Waals surface area contributed by atoms with Crippen LogP contribution >= 0.6 is 0 Å². The van der Waals surface area contributed by atoms with E-state index in [2.05, 4.69) is 15.5 Å². The molecule has 1 aromatic heterocycles. The van der Waals surface area contributed by atoms with Gasteiger partial charge in [0.15, 0.2) is 11.5 Å². The van der Waals surface area contributed by atoms with E-state index in [1.165, 1.54) is 36.7 Å². The lowest BCUT2D eigenvalue weighted by Gasteiger charge is -2.03. The van der Waals surface area contributed by atoms with Gasteiger partial charge < -0.3 is 26.3 Å². The number of hydrogen-bond donors (Lipinski definition) is 4. The zero-order valence-corrected chi connectivity index (χ0v) is 11.2. The van der Waals surface area contributed by atoms with Crippen LogP contribution in [0.25, 0.3) is 0 Å². The summed E-state index contributed by atoms with van der Waals surface area (Å²) in [5, 5.41) is 31.7. The van der Waals surface area contributed by atoms with Crippen molar-refractivity contribution in [3.8, 4) is 17.2 Å². The van der Waals surface area contributed by atoms with Gasteiger partial charge in [0.05, 0.1) is 6.21 Å². The minimum absolute atomic E-state index is 0. The first-order valence-electron chi connectivity index (χ1n) is 5.57. The van der Waals surface area contributed by atoms with Gasteiger partial charge in [-0.3, -0.25) is 9.78 Å². The van der Waals surface area contributed by atoms with Gasteiger partial charge in [-0.25, -0.2) is 5.43 Å². The number of rotatable bonds is 3. The van der Waals surface area contributed by atoms with Crippen molar-refractivity contribution < 1.29 is 31.1 Å². The first kappa shape index (κ1) is 18.8. The normalized spacial score (nSPS) is 9.64. The van der Waals surface area contributed by atoms with Crippen LogP contribution in [0.1, 0.15) is 15.9 Å². The molecule has 0 aliphatic carbocycles. The van der Waals surface area contributed by atoms with Crippen LogP contribution in [0.5, 0.6) is 17.2 Å². The van der Waals surface area contributed by atoms with Gasteiger partial charge in [0, 0.05) is 23.5 Å². The molecule has 8 N–H and O–H groups in total. The molecule has 0 saturated carbocycles. The van der Waals surface area contributed by atoms with Crippen LogP contribution in [-0.4, -0.2) is 43.4 Å². The molecule has 9 nitrogen and oxygen atoms in total. The molecular formula is C13H15N3O6.